The molecule has 0 fully saturated rings. The number of carbonyl (C=O) groups is 1. The molecule has 0 saturated heterocycles. The summed E-state index contributed by atoms with van der Waals surface area (Å²) < 4.78 is 1.80. The highest BCUT2D eigenvalue weighted by molar-refractivity contribution is 5.96. The predicted molar refractivity (Wildman–Crippen MR) is 72.4 cm³/mol. The summed E-state index contributed by atoms with van der Waals surface area (Å²) in [5.41, 5.74) is 1.86. The van der Waals surface area contributed by atoms with Gasteiger partial charge in [-0.05, 0) is 17.7 Å². The molecule has 0 aliphatic heterocycles. The Labute approximate surface area is 111 Å². The monoisotopic (exact) mass is 260 g/mol. The number of hydrogen-bond donors (Lipinski definition) is 3. The van der Waals surface area contributed by atoms with Gasteiger partial charge in [0.1, 0.15) is 12.1 Å². The molecule has 0 bridgehead atoms. The molecule has 0 aliphatic carbocycles. The Hall–Kier alpha value is -2.34. The van der Waals surface area contributed by atoms with E-state index in [9.17, 15) is 9.90 Å². The predicted octanol–water partition coefficient (Wildman–Crippen LogP) is 0.766. The normalized spacial score (nSPS) is 10.3. The summed E-state index contributed by atoms with van der Waals surface area (Å²) >= 11 is 0. The molecule has 1 aromatic heterocycles. The largest absolute Gasteiger partial charge is 0.392 e. The number of carbonyl (C=O) groups excluding carboxylic acids is 1. The fourth-order valence-electron chi connectivity index (χ4n) is 1.80. The van der Waals surface area contributed by atoms with E-state index in [0.717, 1.165) is 11.5 Å². The molecule has 1 aromatic carbocycles. The number of nitrogens with one attached hydrogen (secondary N) is 2. The molecule has 2 aromatic rings. The van der Waals surface area contributed by atoms with Crippen molar-refractivity contribution in [2.24, 2.45) is 0 Å². The molecule has 0 saturated carbocycles. The maximum Gasteiger partial charge on any atom is 0.251 e. The summed E-state index contributed by atoms with van der Waals surface area (Å²) in [7, 11) is 3.35. The van der Waals surface area contributed by atoms with Crippen LogP contribution in [0, 0.1) is 0 Å². The van der Waals surface area contributed by atoms with Crippen molar-refractivity contribution >= 4 is 11.7 Å². The minimum absolute atomic E-state index is 0.172. The maximum absolute atomic E-state index is 11.8. The molecule has 1 amide bonds. The number of hydrogen-bond acceptors (Lipinski definition) is 4. The van der Waals surface area contributed by atoms with E-state index in [0.29, 0.717) is 11.1 Å². The minimum Gasteiger partial charge on any atom is -0.392 e. The lowest BCUT2D eigenvalue weighted by atomic mass is 10.1. The zero-order valence-electron chi connectivity index (χ0n) is 10.8. The average molecular weight is 260 g/mol. The van der Waals surface area contributed by atoms with E-state index < -0.39 is 0 Å². The van der Waals surface area contributed by atoms with Crippen molar-refractivity contribution in [2.45, 2.75) is 6.61 Å². The molecule has 6 nitrogen and oxygen atoms in total. The lowest BCUT2D eigenvalue weighted by Crippen LogP contribution is -2.20. The van der Waals surface area contributed by atoms with E-state index >= 15 is 0 Å². The standard InChI is InChI=1S/C13H16N4O2/c1-14-12-6-17(8-16-12)10-4-3-9(7-18)11(5-10)13(19)15-2/h3-6,8,14,18H,7H2,1-2H3,(H,15,19). The van der Waals surface area contributed by atoms with Crippen LogP contribution >= 0.6 is 0 Å². The molecule has 2 rings (SSSR count). The van der Waals surface area contributed by atoms with Crippen molar-refractivity contribution in [1.29, 1.82) is 0 Å². The fraction of sp³-hybridized carbons (Fsp3) is 0.231. The Bertz CT molecular complexity index is 592. The molecule has 1 heterocycles. The van der Waals surface area contributed by atoms with Gasteiger partial charge in [-0.1, -0.05) is 6.07 Å². The van der Waals surface area contributed by atoms with Crippen LogP contribution in [0.1, 0.15) is 15.9 Å². The first-order chi connectivity index (χ1) is 9.19. The average Bonchev–Trinajstić information content (AvgIpc) is 2.94. The van der Waals surface area contributed by atoms with Gasteiger partial charge in [-0.15, -0.1) is 0 Å². The van der Waals surface area contributed by atoms with Crippen LogP contribution in [0.4, 0.5) is 5.82 Å². The Kier molecular flexibility index (Phi) is 3.82. The number of rotatable bonds is 4. The smallest absolute Gasteiger partial charge is 0.251 e. The van der Waals surface area contributed by atoms with Crippen molar-refractivity contribution in [3.05, 3.63) is 41.9 Å². The molecular formula is C13H16N4O2. The second-order valence-corrected chi connectivity index (χ2v) is 3.99. The SMILES string of the molecule is CNC(=O)c1cc(-n2cnc(NC)c2)ccc1CO. The number of benzene rings is 1. The summed E-state index contributed by atoms with van der Waals surface area (Å²) in [6, 6.07) is 5.30. The first kappa shape index (κ1) is 13.1. The van der Waals surface area contributed by atoms with Gasteiger partial charge in [0.05, 0.1) is 12.8 Å². The van der Waals surface area contributed by atoms with E-state index in [1.54, 1.807) is 37.1 Å². The highest BCUT2D eigenvalue weighted by Crippen LogP contribution is 2.17. The van der Waals surface area contributed by atoms with Gasteiger partial charge in [-0.2, -0.15) is 0 Å². The third-order valence-electron chi connectivity index (χ3n) is 2.87. The fourth-order valence-corrected chi connectivity index (χ4v) is 1.80. The first-order valence-electron chi connectivity index (χ1n) is 5.87. The third-order valence-corrected chi connectivity index (χ3v) is 2.87. The number of aromatic nitrogens is 2. The molecule has 0 unspecified atom stereocenters. The Morgan fingerprint density at radius 3 is 2.79 bits per heavy atom. The van der Waals surface area contributed by atoms with Crippen molar-refractivity contribution in [3.63, 3.8) is 0 Å². The van der Waals surface area contributed by atoms with Crippen molar-refractivity contribution in [3.8, 4) is 5.69 Å². The maximum atomic E-state index is 11.8. The Morgan fingerprint density at radius 1 is 1.42 bits per heavy atom. The molecule has 6 heteroatoms. The van der Waals surface area contributed by atoms with Crippen LogP contribution < -0.4 is 10.6 Å². The lowest BCUT2D eigenvalue weighted by molar-refractivity contribution is 0.0960. The summed E-state index contributed by atoms with van der Waals surface area (Å²) in [6.45, 7) is -0.172. The van der Waals surface area contributed by atoms with Crippen LogP contribution in [-0.4, -0.2) is 34.7 Å². The van der Waals surface area contributed by atoms with Gasteiger partial charge in [0, 0.05) is 25.3 Å². The van der Waals surface area contributed by atoms with Crippen molar-refractivity contribution < 1.29 is 9.90 Å². The van der Waals surface area contributed by atoms with Gasteiger partial charge in [0.15, 0.2) is 0 Å². The zero-order chi connectivity index (χ0) is 13.8. The van der Waals surface area contributed by atoms with Gasteiger partial charge in [-0.25, -0.2) is 4.98 Å². The third kappa shape index (κ3) is 2.58. The molecule has 19 heavy (non-hydrogen) atoms. The van der Waals surface area contributed by atoms with Gasteiger partial charge >= 0.3 is 0 Å². The highest BCUT2D eigenvalue weighted by Gasteiger charge is 2.11. The second-order valence-electron chi connectivity index (χ2n) is 3.99. The van der Waals surface area contributed by atoms with Crippen LogP contribution in [0.15, 0.2) is 30.7 Å². The summed E-state index contributed by atoms with van der Waals surface area (Å²) in [5, 5.41) is 14.8. The summed E-state index contributed by atoms with van der Waals surface area (Å²) in [4.78, 5) is 15.9. The van der Waals surface area contributed by atoms with E-state index in [-0.39, 0.29) is 12.5 Å². The quantitative estimate of drug-likeness (QED) is 0.758. The molecule has 0 aliphatic rings. The number of nitrogens with zero attached hydrogens (tertiary/aromatic N) is 2. The highest BCUT2D eigenvalue weighted by atomic mass is 16.3. The van der Waals surface area contributed by atoms with Crippen molar-refractivity contribution in [1.82, 2.24) is 14.9 Å². The Balaban J connectivity index is 2.45. The van der Waals surface area contributed by atoms with Crippen LogP contribution in [0.25, 0.3) is 5.69 Å². The molecule has 0 spiro atoms. The number of imidazole rings is 1. The van der Waals surface area contributed by atoms with Crippen LogP contribution in [0.2, 0.25) is 0 Å². The first-order valence-corrected chi connectivity index (χ1v) is 5.87. The molecule has 0 radical (unpaired) electrons. The lowest BCUT2D eigenvalue weighted by Gasteiger charge is -2.09. The zero-order valence-corrected chi connectivity index (χ0v) is 10.8. The number of amides is 1. The number of anilines is 1. The van der Waals surface area contributed by atoms with E-state index in [1.807, 2.05) is 12.3 Å². The number of aliphatic hydroxyl groups is 1. The van der Waals surface area contributed by atoms with Gasteiger partial charge in [-0.3, -0.25) is 4.79 Å². The van der Waals surface area contributed by atoms with E-state index in [2.05, 4.69) is 15.6 Å². The van der Waals surface area contributed by atoms with Gasteiger partial charge in [0.2, 0.25) is 0 Å². The molecule has 0 atom stereocenters. The molecule has 3 N–H and O–H groups in total. The van der Waals surface area contributed by atoms with Crippen LogP contribution in [-0.2, 0) is 6.61 Å². The summed E-state index contributed by atoms with van der Waals surface area (Å²) in [5.74, 6) is 0.521. The minimum atomic E-state index is -0.222. The summed E-state index contributed by atoms with van der Waals surface area (Å²) in [6.07, 6.45) is 3.48. The van der Waals surface area contributed by atoms with Crippen LogP contribution in [0.5, 0.6) is 0 Å². The number of aliphatic hydroxyl groups excluding tert-OH is 1. The van der Waals surface area contributed by atoms with E-state index in [1.165, 1.54) is 0 Å². The van der Waals surface area contributed by atoms with E-state index in [4.69, 9.17) is 0 Å². The van der Waals surface area contributed by atoms with Gasteiger partial charge in [0.25, 0.3) is 5.91 Å². The van der Waals surface area contributed by atoms with Crippen LogP contribution in [0.3, 0.4) is 0 Å². The second kappa shape index (κ2) is 5.53. The molecule has 100 valence electrons. The molecular weight excluding hydrogens is 244 g/mol. The van der Waals surface area contributed by atoms with Gasteiger partial charge < -0.3 is 20.3 Å². The Morgan fingerprint density at radius 2 is 2.21 bits per heavy atom. The topological polar surface area (TPSA) is 79.2 Å². The van der Waals surface area contributed by atoms with Crippen molar-refractivity contribution in [2.75, 3.05) is 19.4 Å².